The molecule has 0 aliphatic rings. The summed E-state index contributed by atoms with van der Waals surface area (Å²) in [4.78, 5) is 11.9. The van der Waals surface area contributed by atoms with Crippen LogP contribution in [0.2, 0.25) is 0 Å². The van der Waals surface area contributed by atoms with Gasteiger partial charge in [-0.15, -0.1) is 0 Å². The lowest BCUT2D eigenvalue weighted by Crippen LogP contribution is -2.17. The van der Waals surface area contributed by atoms with Crippen molar-refractivity contribution in [2.75, 3.05) is 6.61 Å². The van der Waals surface area contributed by atoms with E-state index in [0.717, 1.165) is 15.8 Å². The van der Waals surface area contributed by atoms with Crippen molar-refractivity contribution in [3.63, 3.8) is 0 Å². The molecule has 2 aromatic carbocycles. The van der Waals surface area contributed by atoms with E-state index >= 15 is 0 Å². The molecule has 5 heteroatoms. The van der Waals surface area contributed by atoms with Crippen LogP contribution in [0.3, 0.4) is 0 Å². The summed E-state index contributed by atoms with van der Waals surface area (Å²) in [5, 5.41) is 3.97. The van der Waals surface area contributed by atoms with Crippen molar-refractivity contribution in [2.45, 2.75) is 13.8 Å². The zero-order chi connectivity index (χ0) is 16.7. The Morgan fingerprint density at radius 3 is 2.43 bits per heavy atom. The standard InChI is InChI=1S/C18H19BrN2O2/c1-13(2)12-23-17-9-3-14(4-10-17)11-20-21-18(22)15-5-7-16(19)8-6-15/h3-11,13H,12H2,1-2H3,(H,21,22)/b20-11+. The molecule has 23 heavy (non-hydrogen) atoms. The molecule has 0 saturated carbocycles. The Morgan fingerprint density at radius 2 is 1.83 bits per heavy atom. The van der Waals surface area contributed by atoms with Crippen LogP contribution in [0.1, 0.15) is 29.8 Å². The van der Waals surface area contributed by atoms with Crippen LogP contribution in [-0.2, 0) is 0 Å². The SMILES string of the molecule is CC(C)COc1ccc(/C=N/NC(=O)c2ccc(Br)cc2)cc1. The highest BCUT2D eigenvalue weighted by atomic mass is 79.9. The van der Waals surface area contributed by atoms with E-state index in [4.69, 9.17) is 4.74 Å². The predicted molar refractivity (Wildman–Crippen MR) is 96.0 cm³/mol. The number of hydrogen-bond acceptors (Lipinski definition) is 3. The third-order valence-corrected chi connectivity index (χ3v) is 3.48. The quantitative estimate of drug-likeness (QED) is 0.606. The van der Waals surface area contributed by atoms with Crippen molar-refractivity contribution in [1.29, 1.82) is 0 Å². The Kier molecular flexibility index (Phi) is 6.35. The highest BCUT2D eigenvalue weighted by molar-refractivity contribution is 9.10. The summed E-state index contributed by atoms with van der Waals surface area (Å²) in [5.41, 5.74) is 3.95. The van der Waals surface area contributed by atoms with Gasteiger partial charge in [0.1, 0.15) is 5.75 Å². The largest absolute Gasteiger partial charge is 0.493 e. The van der Waals surface area contributed by atoms with Crippen LogP contribution < -0.4 is 10.2 Å². The Hall–Kier alpha value is -2.14. The van der Waals surface area contributed by atoms with Crippen molar-refractivity contribution >= 4 is 28.1 Å². The minimum atomic E-state index is -0.245. The molecule has 2 aromatic rings. The lowest BCUT2D eigenvalue weighted by Gasteiger charge is -2.08. The van der Waals surface area contributed by atoms with Gasteiger partial charge in [0.15, 0.2) is 0 Å². The molecule has 0 fully saturated rings. The van der Waals surface area contributed by atoms with Gasteiger partial charge in [0.05, 0.1) is 12.8 Å². The second kappa shape index (κ2) is 8.48. The third kappa shape index (κ3) is 5.87. The van der Waals surface area contributed by atoms with E-state index in [-0.39, 0.29) is 5.91 Å². The van der Waals surface area contributed by atoms with Gasteiger partial charge >= 0.3 is 0 Å². The highest BCUT2D eigenvalue weighted by Gasteiger charge is 2.03. The van der Waals surface area contributed by atoms with Gasteiger partial charge in [-0.05, 0) is 60.0 Å². The number of carbonyl (C=O) groups excluding carboxylic acids is 1. The molecule has 1 N–H and O–H groups in total. The number of halogens is 1. The van der Waals surface area contributed by atoms with Crippen LogP contribution in [0, 0.1) is 5.92 Å². The van der Waals surface area contributed by atoms with Gasteiger partial charge in [0.25, 0.3) is 5.91 Å². The van der Waals surface area contributed by atoms with Gasteiger partial charge in [-0.1, -0.05) is 29.8 Å². The molecule has 120 valence electrons. The Bertz CT molecular complexity index is 664. The number of hydrogen-bond donors (Lipinski definition) is 1. The van der Waals surface area contributed by atoms with Crippen molar-refractivity contribution in [1.82, 2.24) is 5.43 Å². The van der Waals surface area contributed by atoms with E-state index in [1.807, 2.05) is 36.4 Å². The summed E-state index contributed by atoms with van der Waals surface area (Å²) in [5.74, 6) is 1.07. The van der Waals surface area contributed by atoms with Crippen LogP contribution in [0.4, 0.5) is 0 Å². The number of hydrazone groups is 1. The van der Waals surface area contributed by atoms with Gasteiger partial charge in [-0.2, -0.15) is 5.10 Å². The maximum absolute atomic E-state index is 11.9. The van der Waals surface area contributed by atoms with Crippen molar-refractivity contribution in [3.05, 3.63) is 64.1 Å². The number of amides is 1. The highest BCUT2D eigenvalue weighted by Crippen LogP contribution is 2.12. The maximum Gasteiger partial charge on any atom is 0.271 e. The summed E-state index contributed by atoms with van der Waals surface area (Å²) in [6, 6.07) is 14.7. The van der Waals surface area contributed by atoms with Crippen molar-refractivity contribution < 1.29 is 9.53 Å². The van der Waals surface area contributed by atoms with E-state index in [0.29, 0.717) is 18.1 Å². The second-order valence-electron chi connectivity index (χ2n) is 5.48. The van der Waals surface area contributed by atoms with E-state index < -0.39 is 0 Å². The lowest BCUT2D eigenvalue weighted by molar-refractivity contribution is 0.0955. The van der Waals surface area contributed by atoms with E-state index in [1.165, 1.54) is 0 Å². The number of ether oxygens (including phenoxy) is 1. The fourth-order valence-corrected chi connectivity index (χ4v) is 2.01. The van der Waals surface area contributed by atoms with Crippen LogP contribution in [-0.4, -0.2) is 18.7 Å². The summed E-state index contributed by atoms with van der Waals surface area (Å²) in [7, 11) is 0. The smallest absolute Gasteiger partial charge is 0.271 e. The van der Waals surface area contributed by atoms with Crippen molar-refractivity contribution in [2.24, 2.45) is 11.0 Å². The van der Waals surface area contributed by atoms with Crippen molar-refractivity contribution in [3.8, 4) is 5.75 Å². The molecule has 2 rings (SSSR count). The maximum atomic E-state index is 11.9. The molecule has 0 spiro atoms. The molecular formula is C18H19BrN2O2. The van der Waals surface area contributed by atoms with Crippen LogP contribution in [0.5, 0.6) is 5.75 Å². The van der Waals surface area contributed by atoms with E-state index in [2.05, 4.69) is 40.3 Å². The summed E-state index contributed by atoms with van der Waals surface area (Å²) < 4.78 is 6.54. The lowest BCUT2D eigenvalue weighted by atomic mass is 10.2. The minimum Gasteiger partial charge on any atom is -0.493 e. The van der Waals surface area contributed by atoms with Crippen LogP contribution in [0.25, 0.3) is 0 Å². The van der Waals surface area contributed by atoms with Gasteiger partial charge in [0.2, 0.25) is 0 Å². The first kappa shape index (κ1) is 17.2. The minimum absolute atomic E-state index is 0.245. The first-order valence-corrected chi connectivity index (χ1v) is 8.16. The Labute approximate surface area is 144 Å². The molecule has 0 aliphatic carbocycles. The number of rotatable bonds is 6. The number of benzene rings is 2. The molecule has 0 heterocycles. The average Bonchev–Trinajstić information content (AvgIpc) is 2.54. The Morgan fingerprint density at radius 1 is 1.17 bits per heavy atom. The topological polar surface area (TPSA) is 50.7 Å². The normalized spacial score (nSPS) is 11.0. The number of carbonyl (C=O) groups is 1. The first-order valence-electron chi connectivity index (χ1n) is 7.36. The average molecular weight is 375 g/mol. The number of nitrogens with zero attached hydrogens (tertiary/aromatic N) is 1. The Balaban J connectivity index is 1.87. The zero-order valence-corrected chi connectivity index (χ0v) is 14.7. The molecule has 0 atom stereocenters. The van der Waals surface area contributed by atoms with Gasteiger partial charge in [-0.3, -0.25) is 4.79 Å². The number of nitrogens with one attached hydrogen (secondary N) is 1. The molecular weight excluding hydrogens is 356 g/mol. The molecule has 0 aliphatic heterocycles. The van der Waals surface area contributed by atoms with Crippen LogP contribution >= 0.6 is 15.9 Å². The summed E-state index contributed by atoms with van der Waals surface area (Å²) >= 11 is 3.33. The fraction of sp³-hybridized carbons (Fsp3) is 0.222. The third-order valence-electron chi connectivity index (χ3n) is 2.95. The van der Waals surface area contributed by atoms with E-state index in [9.17, 15) is 4.79 Å². The molecule has 0 radical (unpaired) electrons. The van der Waals surface area contributed by atoms with Gasteiger partial charge in [0, 0.05) is 10.0 Å². The monoisotopic (exact) mass is 374 g/mol. The van der Waals surface area contributed by atoms with Gasteiger partial charge in [-0.25, -0.2) is 5.43 Å². The summed E-state index contributed by atoms with van der Waals surface area (Å²) in [6.45, 7) is 4.90. The molecule has 4 nitrogen and oxygen atoms in total. The molecule has 0 saturated heterocycles. The summed E-state index contributed by atoms with van der Waals surface area (Å²) in [6.07, 6.45) is 1.60. The van der Waals surface area contributed by atoms with Crippen LogP contribution in [0.15, 0.2) is 58.1 Å². The molecule has 0 bridgehead atoms. The zero-order valence-electron chi connectivity index (χ0n) is 13.1. The molecule has 0 aromatic heterocycles. The predicted octanol–water partition coefficient (Wildman–Crippen LogP) is 4.25. The molecule has 1 amide bonds. The van der Waals surface area contributed by atoms with E-state index in [1.54, 1.807) is 18.3 Å². The second-order valence-corrected chi connectivity index (χ2v) is 6.40. The molecule has 0 unspecified atom stereocenters. The fourth-order valence-electron chi connectivity index (χ4n) is 1.74. The van der Waals surface area contributed by atoms with Gasteiger partial charge < -0.3 is 4.74 Å². The first-order chi connectivity index (χ1) is 11.0.